The quantitative estimate of drug-likeness (QED) is 0.803. The van der Waals surface area contributed by atoms with E-state index in [1.807, 2.05) is 0 Å². The molecule has 0 aromatic carbocycles. The lowest BCUT2D eigenvalue weighted by Crippen LogP contribution is -2.50. The maximum Gasteiger partial charge on any atom is 0.0195 e. The first-order valence-corrected chi connectivity index (χ1v) is 7.34. The highest BCUT2D eigenvalue weighted by Crippen LogP contribution is 2.20. The summed E-state index contributed by atoms with van der Waals surface area (Å²) in [4.78, 5) is 5.21. The van der Waals surface area contributed by atoms with Gasteiger partial charge < -0.3 is 10.2 Å². The van der Waals surface area contributed by atoms with Crippen molar-refractivity contribution in [3.63, 3.8) is 0 Å². The van der Waals surface area contributed by atoms with Crippen LogP contribution in [0.1, 0.15) is 39.5 Å². The van der Waals surface area contributed by atoms with Crippen molar-refractivity contribution in [1.29, 1.82) is 0 Å². The first-order valence-electron chi connectivity index (χ1n) is 7.34. The van der Waals surface area contributed by atoms with Gasteiger partial charge in [0, 0.05) is 24.7 Å². The van der Waals surface area contributed by atoms with E-state index in [0.29, 0.717) is 6.04 Å². The summed E-state index contributed by atoms with van der Waals surface area (Å²) in [5.74, 6) is 0. The molecule has 0 aromatic rings. The molecule has 1 atom stereocenters. The Kier molecular flexibility index (Phi) is 4.83. The average molecular weight is 239 g/mol. The maximum absolute atomic E-state index is 3.64. The van der Waals surface area contributed by atoms with Gasteiger partial charge in [-0.25, -0.2) is 0 Å². The van der Waals surface area contributed by atoms with Crippen molar-refractivity contribution < 1.29 is 0 Å². The third-order valence-electron chi connectivity index (χ3n) is 4.41. The van der Waals surface area contributed by atoms with Crippen LogP contribution in [0.5, 0.6) is 0 Å². The highest BCUT2D eigenvalue weighted by atomic mass is 15.2. The third kappa shape index (κ3) is 3.67. The van der Waals surface area contributed by atoms with Gasteiger partial charge in [-0.2, -0.15) is 0 Å². The largest absolute Gasteiger partial charge is 0.313 e. The van der Waals surface area contributed by atoms with E-state index >= 15 is 0 Å². The molecule has 3 heteroatoms. The van der Waals surface area contributed by atoms with Crippen LogP contribution < -0.4 is 5.32 Å². The van der Waals surface area contributed by atoms with Crippen LogP contribution in [0.2, 0.25) is 0 Å². The molecule has 0 bridgehead atoms. The predicted octanol–water partition coefficient (Wildman–Crippen LogP) is 1.54. The SMILES string of the molecule is CC(C)N(CC1CCCN1)C1CCN(C)CC1. The van der Waals surface area contributed by atoms with Gasteiger partial charge in [-0.3, -0.25) is 4.90 Å². The Labute approximate surface area is 107 Å². The van der Waals surface area contributed by atoms with E-state index < -0.39 is 0 Å². The minimum atomic E-state index is 0.686. The average Bonchev–Trinajstić information content (AvgIpc) is 2.80. The fourth-order valence-electron chi connectivity index (χ4n) is 3.28. The summed E-state index contributed by atoms with van der Waals surface area (Å²) < 4.78 is 0. The Bertz CT molecular complexity index is 216. The highest BCUT2D eigenvalue weighted by molar-refractivity contribution is 4.85. The monoisotopic (exact) mass is 239 g/mol. The van der Waals surface area contributed by atoms with Crippen molar-refractivity contribution in [1.82, 2.24) is 15.1 Å². The zero-order valence-corrected chi connectivity index (χ0v) is 11.8. The van der Waals surface area contributed by atoms with Gasteiger partial charge in [0.1, 0.15) is 0 Å². The number of piperidine rings is 1. The van der Waals surface area contributed by atoms with Crippen molar-refractivity contribution in [2.45, 2.75) is 57.7 Å². The van der Waals surface area contributed by atoms with Crippen LogP contribution in [-0.2, 0) is 0 Å². The van der Waals surface area contributed by atoms with Gasteiger partial charge in [-0.05, 0) is 66.2 Å². The molecule has 2 saturated heterocycles. The van der Waals surface area contributed by atoms with Crippen molar-refractivity contribution in [2.24, 2.45) is 0 Å². The molecule has 17 heavy (non-hydrogen) atoms. The normalized spacial score (nSPS) is 28.4. The van der Waals surface area contributed by atoms with Gasteiger partial charge in [-0.1, -0.05) is 0 Å². The van der Waals surface area contributed by atoms with Crippen molar-refractivity contribution in [3.05, 3.63) is 0 Å². The molecule has 0 aromatic heterocycles. The molecule has 3 nitrogen and oxygen atoms in total. The first-order chi connectivity index (χ1) is 8.16. The Morgan fingerprint density at radius 1 is 1.24 bits per heavy atom. The number of nitrogens with zero attached hydrogens (tertiary/aromatic N) is 2. The maximum atomic E-state index is 3.64. The highest BCUT2D eigenvalue weighted by Gasteiger charge is 2.27. The number of rotatable bonds is 4. The molecule has 2 rings (SSSR count). The topological polar surface area (TPSA) is 18.5 Å². The van der Waals surface area contributed by atoms with E-state index in [2.05, 4.69) is 36.0 Å². The minimum Gasteiger partial charge on any atom is -0.313 e. The number of hydrogen-bond acceptors (Lipinski definition) is 3. The van der Waals surface area contributed by atoms with E-state index in [0.717, 1.165) is 12.1 Å². The Hall–Kier alpha value is -0.120. The molecule has 0 amide bonds. The van der Waals surface area contributed by atoms with Gasteiger partial charge in [0.25, 0.3) is 0 Å². The predicted molar refractivity (Wildman–Crippen MR) is 73.4 cm³/mol. The number of likely N-dealkylation sites (tertiary alicyclic amines) is 1. The van der Waals surface area contributed by atoms with Crippen LogP contribution in [-0.4, -0.2) is 61.2 Å². The van der Waals surface area contributed by atoms with Crippen molar-refractivity contribution >= 4 is 0 Å². The van der Waals surface area contributed by atoms with Crippen molar-refractivity contribution in [2.75, 3.05) is 33.2 Å². The smallest absolute Gasteiger partial charge is 0.0195 e. The summed E-state index contributed by atoms with van der Waals surface area (Å²) >= 11 is 0. The minimum absolute atomic E-state index is 0.686. The lowest BCUT2D eigenvalue weighted by atomic mass is 10.0. The summed E-state index contributed by atoms with van der Waals surface area (Å²) in [6, 6.07) is 2.25. The molecule has 1 unspecified atom stereocenters. The van der Waals surface area contributed by atoms with Crippen LogP contribution in [0.3, 0.4) is 0 Å². The summed E-state index contributed by atoms with van der Waals surface area (Å²) in [5.41, 5.74) is 0. The Morgan fingerprint density at radius 2 is 1.94 bits per heavy atom. The summed E-state index contributed by atoms with van der Waals surface area (Å²) in [6.07, 6.45) is 5.43. The van der Waals surface area contributed by atoms with E-state index in [1.165, 1.54) is 51.9 Å². The van der Waals surface area contributed by atoms with E-state index in [-0.39, 0.29) is 0 Å². The molecule has 0 saturated carbocycles. The Balaban J connectivity index is 1.87. The van der Waals surface area contributed by atoms with Gasteiger partial charge >= 0.3 is 0 Å². The fraction of sp³-hybridized carbons (Fsp3) is 1.00. The molecule has 0 spiro atoms. The molecule has 2 heterocycles. The van der Waals surface area contributed by atoms with Gasteiger partial charge in [0.15, 0.2) is 0 Å². The van der Waals surface area contributed by atoms with Gasteiger partial charge in [-0.15, -0.1) is 0 Å². The van der Waals surface area contributed by atoms with E-state index in [4.69, 9.17) is 0 Å². The number of nitrogens with one attached hydrogen (secondary N) is 1. The third-order valence-corrected chi connectivity index (χ3v) is 4.41. The van der Waals surface area contributed by atoms with Crippen LogP contribution in [0.4, 0.5) is 0 Å². The lowest BCUT2D eigenvalue weighted by molar-refractivity contribution is 0.0861. The second-order valence-corrected chi connectivity index (χ2v) is 6.12. The second kappa shape index (κ2) is 6.17. The number of hydrogen-bond donors (Lipinski definition) is 1. The molecule has 2 aliphatic rings. The molecule has 1 N–H and O–H groups in total. The van der Waals surface area contributed by atoms with Crippen LogP contribution in [0.25, 0.3) is 0 Å². The molecule has 0 aliphatic carbocycles. The van der Waals surface area contributed by atoms with Crippen LogP contribution >= 0.6 is 0 Å². The second-order valence-electron chi connectivity index (χ2n) is 6.12. The summed E-state index contributed by atoms with van der Waals surface area (Å²) in [6.45, 7) is 9.73. The molecular weight excluding hydrogens is 210 g/mol. The van der Waals surface area contributed by atoms with E-state index in [1.54, 1.807) is 0 Å². The summed E-state index contributed by atoms with van der Waals surface area (Å²) in [7, 11) is 2.24. The van der Waals surface area contributed by atoms with Gasteiger partial charge in [0.2, 0.25) is 0 Å². The molecule has 0 radical (unpaired) electrons. The molecule has 2 aliphatic heterocycles. The zero-order chi connectivity index (χ0) is 12.3. The molecular formula is C14H29N3. The fourth-order valence-corrected chi connectivity index (χ4v) is 3.28. The van der Waals surface area contributed by atoms with Gasteiger partial charge in [0.05, 0.1) is 0 Å². The molecule has 2 fully saturated rings. The lowest BCUT2D eigenvalue weighted by Gasteiger charge is -2.40. The van der Waals surface area contributed by atoms with Crippen molar-refractivity contribution in [3.8, 4) is 0 Å². The first kappa shape index (κ1) is 13.3. The molecule has 100 valence electrons. The Morgan fingerprint density at radius 3 is 2.47 bits per heavy atom. The standard InChI is InChI=1S/C14H29N3/c1-12(2)17(11-13-5-4-8-15-13)14-6-9-16(3)10-7-14/h12-15H,4-11H2,1-3H3. The van der Waals surface area contributed by atoms with Crippen LogP contribution in [0, 0.1) is 0 Å². The summed E-state index contributed by atoms with van der Waals surface area (Å²) in [5, 5.41) is 3.64. The van der Waals surface area contributed by atoms with Crippen LogP contribution in [0.15, 0.2) is 0 Å². The zero-order valence-electron chi connectivity index (χ0n) is 11.8. The van der Waals surface area contributed by atoms with E-state index in [9.17, 15) is 0 Å².